The van der Waals surface area contributed by atoms with Crippen molar-refractivity contribution in [1.82, 2.24) is 18.9 Å². The summed E-state index contributed by atoms with van der Waals surface area (Å²) in [5.74, 6) is 0.810. The van der Waals surface area contributed by atoms with Gasteiger partial charge in [0.05, 0.1) is 44.0 Å². The minimum Gasteiger partial charge on any atom is -0.308 e. The lowest BCUT2D eigenvalue weighted by Gasteiger charge is -2.34. The Hall–Kier alpha value is -8.08. The number of hydrogen-bond donors (Lipinski definition) is 0. The second-order valence-corrected chi connectivity index (χ2v) is 16.4. The van der Waals surface area contributed by atoms with Crippen molar-refractivity contribution in [2.75, 3.05) is 0 Å². The Morgan fingerprint density at radius 3 is 1.74 bits per heavy atom. The monoisotopic (exact) mass is 774 g/mol. The molecule has 4 heterocycles. The van der Waals surface area contributed by atoms with Gasteiger partial charge in [-0.3, -0.25) is 4.57 Å². The zero-order chi connectivity index (χ0) is 39.8. The number of aromatic nitrogens is 4. The Morgan fingerprint density at radius 1 is 0.377 bits per heavy atom. The van der Waals surface area contributed by atoms with Gasteiger partial charge in [-0.05, 0) is 81.2 Å². The predicted molar refractivity (Wildman–Crippen MR) is 251 cm³/mol. The van der Waals surface area contributed by atoms with Crippen LogP contribution < -0.4 is 0 Å². The molecule has 0 atom stereocenters. The molecule has 13 aromatic rings. The third-order valence-electron chi connectivity index (χ3n) is 13.5. The number of fused-ring (bicyclic) bond motifs is 9. The third kappa shape index (κ3) is 4.18. The van der Waals surface area contributed by atoms with E-state index in [1.54, 1.807) is 0 Å². The molecule has 0 N–H and O–H groups in total. The normalized spacial score (nSPS) is 13.4. The smallest absolute Gasteiger partial charge is 0.165 e. The number of benzene rings is 9. The van der Waals surface area contributed by atoms with Crippen molar-refractivity contribution in [1.29, 1.82) is 0 Å². The molecule has 0 bridgehead atoms. The first kappa shape index (κ1) is 32.8. The molecular weight excluding hydrogens is 741 g/mol. The van der Waals surface area contributed by atoms with Crippen LogP contribution in [0.4, 0.5) is 0 Å². The van der Waals surface area contributed by atoms with E-state index >= 15 is 0 Å². The summed E-state index contributed by atoms with van der Waals surface area (Å²) in [5.41, 5.74) is 16.4. The van der Waals surface area contributed by atoms with Crippen LogP contribution in [0.5, 0.6) is 0 Å². The largest absolute Gasteiger partial charge is 0.308 e. The average Bonchev–Trinajstić information content (AvgIpc) is 3.93. The minimum absolute atomic E-state index is 0.541. The first-order valence-corrected chi connectivity index (χ1v) is 21.0. The second kappa shape index (κ2) is 12.0. The van der Waals surface area contributed by atoms with Crippen molar-refractivity contribution in [3.8, 4) is 28.2 Å². The van der Waals surface area contributed by atoms with Crippen LogP contribution in [-0.4, -0.2) is 18.9 Å². The van der Waals surface area contributed by atoms with Gasteiger partial charge in [-0.2, -0.15) is 0 Å². The number of rotatable bonds is 4. The van der Waals surface area contributed by atoms with Gasteiger partial charge < -0.3 is 4.40 Å². The molecule has 0 spiro atoms. The van der Waals surface area contributed by atoms with E-state index in [2.05, 4.69) is 215 Å². The molecule has 1 aliphatic rings. The standard InChI is InChI=1S/C57H34N4/c1-3-16-36(17-4-1)57(37-18-5-2-6-19-37)44-25-9-7-20-38(44)39-33-32-35(34-45(39)57)54-56(59-47-27-11-10-26-46(47)58-54)61-49-29-14-22-41-43-24-13-23-42-40-21-8-12-28-48(40)60(55(42)43)50-30-15-31-51(61)53(50)52(41)49/h1-34H. The Labute approximate surface area is 350 Å². The van der Waals surface area contributed by atoms with Gasteiger partial charge in [0, 0.05) is 32.5 Å². The fourth-order valence-corrected chi connectivity index (χ4v) is 11.1. The lowest BCUT2D eigenvalue weighted by Crippen LogP contribution is -2.28. The molecule has 4 aromatic heterocycles. The highest BCUT2D eigenvalue weighted by atomic mass is 15.1. The molecular formula is C57H34N4. The molecule has 4 heteroatoms. The fourth-order valence-electron chi connectivity index (χ4n) is 11.1. The van der Waals surface area contributed by atoms with E-state index in [0.29, 0.717) is 0 Å². The minimum atomic E-state index is -0.541. The van der Waals surface area contributed by atoms with Gasteiger partial charge in [0.25, 0.3) is 0 Å². The van der Waals surface area contributed by atoms with Crippen LogP contribution in [0, 0.1) is 0 Å². The molecule has 0 fully saturated rings. The van der Waals surface area contributed by atoms with Crippen molar-refractivity contribution in [3.05, 3.63) is 229 Å². The molecule has 0 saturated heterocycles. The molecule has 0 amide bonds. The maximum absolute atomic E-state index is 5.60. The zero-order valence-electron chi connectivity index (χ0n) is 32.9. The molecule has 0 radical (unpaired) electrons. The van der Waals surface area contributed by atoms with Crippen LogP contribution in [0.25, 0.3) is 99.1 Å². The summed E-state index contributed by atoms with van der Waals surface area (Å²) in [6.45, 7) is 0. The van der Waals surface area contributed by atoms with Crippen molar-refractivity contribution >= 4 is 70.9 Å². The van der Waals surface area contributed by atoms with E-state index in [4.69, 9.17) is 9.97 Å². The van der Waals surface area contributed by atoms with Gasteiger partial charge in [0.1, 0.15) is 5.69 Å². The van der Waals surface area contributed by atoms with E-state index < -0.39 is 5.41 Å². The molecule has 14 rings (SSSR count). The van der Waals surface area contributed by atoms with Crippen LogP contribution in [-0.2, 0) is 5.41 Å². The Morgan fingerprint density at radius 2 is 0.934 bits per heavy atom. The second-order valence-electron chi connectivity index (χ2n) is 16.4. The molecule has 61 heavy (non-hydrogen) atoms. The molecule has 0 saturated carbocycles. The van der Waals surface area contributed by atoms with Crippen molar-refractivity contribution in [3.63, 3.8) is 0 Å². The first-order chi connectivity index (χ1) is 30.3. The van der Waals surface area contributed by atoms with Gasteiger partial charge in [-0.1, -0.05) is 164 Å². The highest BCUT2D eigenvalue weighted by molar-refractivity contribution is 6.31. The first-order valence-electron chi connectivity index (χ1n) is 21.0. The van der Waals surface area contributed by atoms with Gasteiger partial charge >= 0.3 is 0 Å². The van der Waals surface area contributed by atoms with Gasteiger partial charge in [-0.15, -0.1) is 0 Å². The van der Waals surface area contributed by atoms with E-state index in [0.717, 1.165) is 39.1 Å². The summed E-state index contributed by atoms with van der Waals surface area (Å²) in [6, 6.07) is 75.3. The van der Waals surface area contributed by atoms with E-state index in [1.807, 2.05) is 0 Å². The lowest BCUT2D eigenvalue weighted by molar-refractivity contribution is 0.768. The van der Waals surface area contributed by atoms with E-state index in [-0.39, 0.29) is 0 Å². The average molecular weight is 775 g/mol. The van der Waals surface area contributed by atoms with Crippen LogP contribution in [0.15, 0.2) is 206 Å². The summed E-state index contributed by atoms with van der Waals surface area (Å²) in [5, 5.41) is 7.42. The van der Waals surface area contributed by atoms with Gasteiger partial charge in [0.2, 0.25) is 0 Å². The predicted octanol–water partition coefficient (Wildman–Crippen LogP) is 13.9. The summed E-state index contributed by atoms with van der Waals surface area (Å²) in [7, 11) is 0. The number of hydrogen-bond acceptors (Lipinski definition) is 2. The molecule has 1 aliphatic carbocycles. The summed E-state index contributed by atoms with van der Waals surface area (Å²) < 4.78 is 4.87. The third-order valence-corrected chi connectivity index (χ3v) is 13.5. The number of para-hydroxylation sites is 4. The van der Waals surface area contributed by atoms with E-state index in [1.165, 1.54) is 82.2 Å². The quantitative estimate of drug-likeness (QED) is 0.178. The summed E-state index contributed by atoms with van der Waals surface area (Å²) >= 11 is 0. The lowest BCUT2D eigenvalue weighted by atomic mass is 9.67. The van der Waals surface area contributed by atoms with Crippen LogP contribution in [0.3, 0.4) is 0 Å². The molecule has 0 aliphatic heterocycles. The summed E-state index contributed by atoms with van der Waals surface area (Å²) in [4.78, 5) is 11.2. The Balaban J connectivity index is 1.12. The van der Waals surface area contributed by atoms with Crippen LogP contribution in [0.2, 0.25) is 0 Å². The van der Waals surface area contributed by atoms with Crippen LogP contribution in [0.1, 0.15) is 22.3 Å². The van der Waals surface area contributed by atoms with Crippen molar-refractivity contribution in [2.24, 2.45) is 0 Å². The highest BCUT2D eigenvalue weighted by Crippen LogP contribution is 2.57. The molecule has 4 nitrogen and oxygen atoms in total. The zero-order valence-corrected chi connectivity index (χ0v) is 32.9. The molecule has 282 valence electrons. The number of nitrogens with zero attached hydrogens (tertiary/aromatic N) is 4. The maximum atomic E-state index is 5.60. The van der Waals surface area contributed by atoms with Gasteiger partial charge in [-0.25, -0.2) is 9.97 Å². The van der Waals surface area contributed by atoms with Crippen LogP contribution >= 0.6 is 0 Å². The van der Waals surface area contributed by atoms with E-state index in [9.17, 15) is 0 Å². The fraction of sp³-hybridized carbons (Fsp3) is 0.0175. The topological polar surface area (TPSA) is 35.1 Å². The Bertz CT molecular complexity index is 3890. The maximum Gasteiger partial charge on any atom is 0.165 e. The SMILES string of the molecule is c1ccc(C2(c3ccccc3)c3ccccc3-c3ccc(-c4nc5ccccc5nc4-n4c5cccc6c7cccc8c9ccccc9n(c9cccc4c9c65)c78)cc32)cc1. The van der Waals surface area contributed by atoms with Gasteiger partial charge in [0.15, 0.2) is 5.82 Å². The highest BCUT2D eigenvalue weighted by Gasteiger charge is 2.46. The Kier molecular flexibility index (Phi) is 6.46. The molecule has 9 aromatic carbocycles. The summed E-state index contributed by atoms with van der Waals surface area (Å²) in [6.07, 6.45) is 0. The molecule has 0 unspecified atom stereocenters. The van der Waals surface area contributed by atoms with Crippen molar-refractivity contribution in [2.45, 2.75) is 5.41 Å². The van der Waals surface area contributed by atoms with Crippen molar-refractivity contribution < 1.29 is 0 Å².